The summed E-state index contributed by atoms with van der Waals surface area (Å²) >= 11 is 5.96. The van der Waals surface area contributed by atoms with E-state index in [1.807, 2.05) is 0 Å². The molecule has 0 amide bonds. The van der Waals surface area contributed by atoms with Crippen molar-refractivity contribution in [2.24, 2.45) is 7.05 Å². The van der Waals surface area contributed by atoms with Crippen molar-refractivity contribution in [3.63, 3.8) is 0 Å². The lowest BCUT2D eigenvalue weighted by Crippen LogP contribution is -2.27. The molecule has 2 aromatic heterocycles. The van der Waals surface area contributed by atoms with Gasteiger partial charge in [-0.2, -0.15) is 5.10 Å². The standard InChI is InChI=1S/C16H16ClN5O2S/c1-21-10-12(9-20-21)11-6-15(16(18)19-8-11)25(23,24)22(2)14-5-3-4-13(17)7-14/h3-10H,1-2H3,(H2,18,19). The van der Waals surface area contributed by atoms with Crippen LogP contribution in [0.3, 0.4) is 0 Å². The molecule has 0 aliphatic carbocycles. The molecule has 0 saturated heterocycles. The lowest BCUT2D eigenvalue weighted by molar-refractivity contribution is 0.594. The summed E-state index contributed by atoms with van der Waals surface area (Å²) < 4.78 is 28.7. The summed E-state index contributed by atoms with van der Waals surface area (Å²) in [5.41, 5.74) is 7.63. The Labute approximate surface area is 150 Å². The van der Waals surface area contributed by atoms with Crippen molar-refractivity contribution < 1.29 is 8.42 Å². The van der Waals surface area contributed by atoms with Gasteiger partial charge in [-0.25, -0.2) is 13.4 Å². The van der Waals surface area contributed by atoms with E-state index in [-0.39, 0.29) is 10.7 Å². The van der Waals surface area contributed by atoms with Crippen LogP contribution in [0, 0.1) is 0 Å². The van der Waals surface area contributed by atoms with E-state index in [9.17, 15) is 8.42 Å². The van der Waals surface area contributed by atoms with Gasteiger partial charge in [-0.1, -0.05) is 17.7 Å². The third-order valence-corrected chi connectivity index (χ3v) is 5.78. The van der Waals surface area contributed by atoms with E-state index in [4.69, 9.17) is 17.3 Å². The smallest absolute Gasteiger partial charge is 0.267 e. The Morgan fingerprint density at radius 2 is 1.96 bits per heavy atom. The molecule has 25 heavy (non-hydrogen) atoms. The molecule has 0 saturated carbocycles. The Hall–Kier alpha value is -2.58. The molecule has 0 bridgehead atoms. The van der Waals surface area contributed by atoms with Gasteiger partial charge in [0.25, 0.3) is 10.0 Å². The molecule has 3 aromatic rings. The van der Waals surface area contributed by atoms with Crippen LogP contribution in [0.25, 0.3) is 11.1 Å². The first-order chi connectivity index (χ1) is 11.8. The van der Waals surface area contributed by atoms with Gasteiger partial charge < -0.3 is 5.73 Å². The Kier molecular flexibility index (Phi) is 4.40. The first-order valence-corrected chi connectivity index (χ1v) is 9.10. The summed E-state index contributed by atoms with van der Waals surface area (Å²) in [5.74, 6) is -0.0680. The van der Waals surface area contributed by atoms with E-state index in [0.717, 1.165) is 9.87 Å². The monoisotopic (exact) mass is 377 g/mol. The Morgan fingerprint density at radius 3 is 2.60 bits per heavy atom. The van der Waals surface area contributed by atoms with Crippen LogP contribution >= 0.6 is 11.6 Å². The van der Waals surface area contributed by atoms with Gasteiger partial charge in [0.15, 0.2) is 0 Å². The fraction of sp³-hybridized carbons (Fsp3) is 0.125. The first kappa shape index (κ1) is 17.2. The number of benzene rings is 1. The summed E-state index contributed by atoms with van der Waals surface area (Å²) in [7, 11) is -0.685. The second kappa shape index (κ2) is 6.38. The predicted molar refractivity (Wildman–Crippen MR) is 97.9 cm³/mol. The number of aryl methyl sites for hydroxylation is 1. The molecule has 0 radical (unpaired) electrons. The summed E-state index contributed by atoms with van der Waals surface area (Å²) in [4.78, 5) is 3.96. The van der Waals surface area contributed by atoms with E-state index in [1.165, 1.54) is 19.3 Å². The summed E-state index contributed by atoms with van der Waals surface area (Å²) in [6.45, 7) is 0. The molecule has 0 atom stereocenters. The molecule has 130 valence electrons. The molecular formula is C16H16ClN5O2S. The van der Waals surface area contributed by atoms with Crippen LogP contribution in [0.5, 0.6) is 0 Å². The zero-order chi connectivity index (χ0) is 18.2. The number of nitrogens with two attached hydrogens (primary N) is 1. The minimum atomic E-state index is -3.90. The zero-order valence-electron chi connectivity index (χ0n) is 13.6. The van der Waals surface area contributed by atoms with E-state index < -0.39 is 10.0 Å². The van der Waals surface area contributed by atoms with Gasteiger partial charge in [0.2, 0.25) is 0 Å². The van der Waals surface area contributed by atoms with Gasteiger partial charge >= 0.3 is 0 Å². The average molecular weight is 378 g/mol. The lowest BCUT2D eigenvalue weighted by Gasteiger charge is -2.20. The summed E-state index contributed by atoms with van der Waals surface area (Å²) in [6, 6.07) is 8.06. The topological polar surface area (TPSA) is 94.1 Å². The minimum absolute atomic E-state index is 0.0680. The number of rotatable bonds is 4. The van der Waals surface area contributed by atoms with Crippen LogP contribution in [-0.2, 0) is 17.1 Å². The quantitative estimate of drug-likeness (QED) is 0.754. The van der Waals surface area contributed by atoms with Gasteiger partial charge in [-0.05, 0) is 24.3 Å². The van der Waals surface area contributed by atoms with Crippen LogP contribution in [-0.4, -0.2) is 30.2 Å². The molecule has 2 heterocycles. The minimum Gasteiger partial charge on any atom is -0.383 e. The highest BCUT2D eigenvalue weighted by atomic mass is 35.5. The van der Waals surface area contributed by atoms with Crippen molar-refractivity contribution in [2.75, 3.05) is 17.1 Å². The molecule has 3 rings (SSSR count). The van der Waals surface area contributed by atoms with E-state index in [2.05, 4.69) is 10.1 Å². The highest BCUT2D eigenvalue weighted by Gasteiger charge is 2.25. The summed E-state index contributed by atoms with van der Waals surface area (Å²) in [6.07, 6.45) is 4.92. The second-order valence-corrected chi connectivity index (χ2v) is 7.84. The largest absolute Gasteiger partial charge is 0.383 e. The predicted octanol–water partition coefficient (Wildman–Crippen LogP) is 2.54. The van der Waals surface area contributed by atoms with Crippen molar-refractivity contribution in [3.05, 3.63) is 53.9 Å². The van der Waals surface area contributed by atoms with Crippen molar-refractivity contribution in [1.29, 1.82) is 0 Å². The number of hydrogen-bond donors (Lipinski definition) is 1. The molecule has 1 aromatic carbocycles. The van der Waals surface area contributed by atoms with Crippen LogP contribution in [0.15, 0.2) is 53.8 Å². The Bertz CT molecular complexity index is 1030. The highest BCUT2D eigenvalue weighted by molar-refractivity contribution is 7.93. The second-order valence-electron chi connectivity index (χ2n) is 5.46. The number of pyridine rings is 1. The van der Waals surface area contributed by atoms with Crippen molar-refractivity contribution >= 4 is 33.1 Å². The molecular weight excluding hydrogens is 362 g/mol. The number of anilines is 2. The van der Waals surface area contributed by atoms with Gasteiger partial charge in [0.05, 0.1) is 11.9 Å². The van der Waals surface area contributed by atoms with Crippen LogP contribution < -0.4 is 10.0 Å². The van der Waals surface area contributed by atoms with E-state index in [0.29, 0.717) is 16.3 Å². The summed E-state index contributed by atoms with van der Waals surface area (Å²) in [5, 5.41) is 4.52. The molecule has 9 heteroatoms. The third kappa shape index (κ3) is 3.31. The van der Waals surface area contributed by atoms with E-state index >= 15 is 0 Å². The number of nitrogen functional groups attached to an aromatic ring is 1. The van der Waals surface area contributed by atoms with Gasteiger partial charge in [0.1, 0.15) is 10.7 Å². The lowest BCUT2D eigenvalue weighted by atomic mass is 10.2. The first-order valence-electron chi connectivity index (χ1n) is 7.28. The SMILES string of the molecule is CN(c1cccc(Cl)c1)S(=O)(=O)c1cc(-c2cnn(C)c2)cnc1N. The highest BCUT2D eigenvalue weighted by Crippen LogP contribution is 2.29. The Balaban J connectivity index is 2.07. The van der Waals surface area contributed by atoms with Crippen molar-refractivity contribution in [3.8, 4) is 11.1 Å². The molecule has 2 N–H and O–H groups in total. The van der Waals surface area contributed by atoms with Gasteiger partial charge in [-0.15, -0.1) is 0 Å². The van der Waals surface area contributed by atoms with Gasteiger partial charge in [0, 0.05) is 42.6 Å². The maximum Gasteiger partial charge on any atom is 0.267 e. The van der Waals surface area contributed by atoms with Crippen molar-refractivity contribution in [1.82, 2.24) is 14.8 Å². The number of aromatic nitrogens is 3. The number of nitrogens with zero attached hydrogens (tertiary/aromatic N) is 4. The van der Waals surface area contributed by atoms with Crippen LogP contribution in [0.4, 0.5) is 11.5 Å². The maximum atomic E-state index is 13.0. The molecule has 0 fully saturated rings. The fourth-order valence-corrected chi connectivity index (χ4v) is 3.81. The number of halogens is 1. The Morgan fingerprint density at radius 1 is 1.20 bits per heavy atom. The molecule has 0 aliphatic heterocycles. The fourth-order valence-electron chi connectivity index (χ4n) is 2.35. The third-order valence-electron chi connectivity index (χ3n) is 3.73. The number of sulfonamides is 1. The van der Waals surface area contributed by atoms with Gasteiger partial charge in [-0.3, -0.25) is 8.99 Å². The molecule has 0 unspecified atom stereocenters. The molecule has 7 nitrogen and oxygen atoms in total. The van der Waals surface area contributed by atoms with Crippen LogP contribution in [0.1, 0.15) is 0 Å². The van der Waals surface area contributed by atoms with E-state index in [1.54, 1.807) is 48.4 Å². The molecule has 0 spiro atoms. The number of hydrogen-bond acceptors (Lipinski definition) is 5. The average Bonchev–Trinajstić information content (AvgIpc) is 3.01. The van der Waals surface area contributed by atoms with Crippen molar-refractivity contribution in [2.45, 2.75) is 4.90 Å². The maximum absolute atomic E-state index is 13.0. The zero-order valence-corrected chi connectivity index (χ0v) is 15.2. The van der Waals surface area contributed by atoms with Crippen LogP contribution in [0.2, 0.25) is 5.02 Å². The molecule has 0 aliphatic rings. The normalized spacial score (nSPS) is 11.5.